The molecule has 0 aromatic heterocycles. The lowest BCUT2D eigenvalue weighted by molar-refractivity contribution is 0.295. The Kier molecular flexibility index (Phi) is 5.11. The third-order valence-corrected chi connectivity index (χ3v) is 4.56. The van der Waals surface area contributed by atoms with Gasteiger partial charge < -0.3 is 5.43 Å². The minimum atomic E-state index is -3.18. The van der Waals surface area contributed by atoms with E-state index in [4.69, 9.17) is 11.6 Å². The zero-order valence-corrected chi connectivity index (χ0v) is 14.4. The molecule has 0 saturated heterocycles. The Morgan fingerprint density at radius 1 is 1.18 bits per heavy atom. The molecule has 0 amide bonds. The van der Waals surface area contributed by atoms with Gasteiger partial charge in [0.05, 0.1) is 4.90 Å². The minimum absolute atomic E-state index is 0.310. The van der Waals surface area contributed by atoms with Crippen molar-refractivity contribution in [3.8, 4) is 0 Å². The zero-order chi connectivity index (χ0) is 16.3. The molecule has 0 spiro atoms. The van der Waals surface area contributed by atoms with Gasteiger partial charge in [-0.05, 0) is 42.3 Å². The van der Waals surface area contributed by atoms with Crippen LogP contribution < -0.4 is 5.43 Å². The molecule has 0 radical (unpaired) electrons. The fraction of sp³-hybridized carbons (Fsp3) is 0.250. The topological polar surface area (TPSA) is 49.4 Å². The molecule has 1 heterocycles. The van der Waals surface area contributed by atoms with Crippen LogP contribution in [0, 0.1) is 0 Å². The minimum Gasteiger partial charge on any atom is -0.323 e. The lowest BCUT2D eigenvalue weighted by Crippen LogP contribution is -2.32. The largest absolute Gasteiger partial charge is 0.323 e. The summed E-state index contributed by atoms with van der Waals surface area (Å²) in [7, 11) is -1.24. The standard InChI is InChI=1S/C16H19ClN2O2S/c1-12-10-15(17)11-14(8-9-19(2)18-12)13-4-6-16(7-5-13)22(3,20)21/h4-8,10-11,18H,9H2,1-3H3/b12-10+,14-8-,15-11+. The van der Waals surface area contributed by atoms with Crippen LogP contribution in [0.3, 0.4) is 0 Å². The number of hydrogen-bond donors (Lipinski definition) is 1. The Labute approximate surface area is 136 Å². The van der Waals surface area contributed by atoms with Crippen LogP contribution >= 0.6 is 11.6 Å². The van der Waals surface area contributed by atoms with Crippen LogP contribution in [0.15, 0.2) is 58.1 Å². The molecular formula is C16H19ClN2O2S. The second-order valence-electron chi connectivity index (χ2n) is 5.30. The van der Waals surface area contributed by atoms with Crippen LogP contribution in [0.1, 0.15) is 12.5 Å². The number of likely N-dealkylation sites (N-methyl/N-ethyl adjacent to an activating group) is 1. The van der Waals surface area contributed by atoms with E-state index in [9.17, 15) is 8.42 Å². The van der Waals surface area contributed by atoms with Crippen molar-refractivity contribution in [3.63, 3.8) is 0 Å². The summed E-state index contributed by atoms with van der Waals surface area (Å²) >= 11 is 6.25. The summed E-state index contributed by atoms with van der Waals surface area (Å²) in [5.74, 6) is 0. The quantitative estimate of drug-likeness (QED) is 0.900. The maximum absolute atomic E-state index is 11.5. The highest BCUT2D eigenvalue weighted by atomic mass is 35.5. The van der Waals surface area contributed by atoms with Crippen molar-refractivity contribution in [1.82, 2.24) is 10.4 Å². The number of nitrogens with one attached hydrogen (secondary N) is 1. The summed E-state index contributed by atoms with van der Waals surface area (Å²) in [6, 6.07) is 6.82. The summed E-state index contributed by atoms with van der Waals surface area (Å²) in [6.07, 6.45) is 6.97. The van der Waals surface area contributed by atoms with E-state index in [0.717, 1.165) is 16.8 Å². The number of hydrazine groups is 1. The highest BCUT2D eigenvalue weighted by Gasteiger charge is 2.09. The molecule has 22 heavy (non-hydrogen) atoms. The first-order valence-corrected chi connectivity index (χ1v) is 9.06. The molecule has 1 aliphatic rings. The zero-order valence-electron chi connectivity index (χ0n) is 12.8. The average Bonchev–Trinajstić information content (AvgIpc) is 2.47. The first-order chi connectivity index (χ1) is 10.3. The maximum atomic E-state index is 11.5. The Morgan fingerprint density at radius 3 is 2.41 bits per heavy atom. The van der Waals surface area contributed by atoms with Gasteiger partial charge in [0.2, 0.25) is 0 Å². The number of allylic oxidation sites excluding steroid dienone is 5. The van der Waals surface area contributed by atoms with Crippen molar-refractivity contribution in [1.29, 1.82) is 0 Å². The normalized spacial score (nSPS) is 24.5. The number of nitrogens with zero attached hydrogens (tertiary/aromatic N) is 1. The Bertz CT molecular complexity index is 747. The molecule has 0 bridgehead atoms. The van der Waals surface area contributed by atoms with E-state index in [1.54, 1.807) is 24.3 Å². The molecule has 0 saturated carbocycles. The van der Waals surface area contributed by atoms with Gasteiger partial charge in [-0.2, -0.15) is 0 Å². The van der Waals surface area contributed by atoms with Gasteiger partial charge in [0.1, 0.15) is 0 Å². The summed E-state index contributed by atoms with van der Waals surface area (Å²) in [4.78, 5) is 0.310. The molecule has 0 atom stereocenters. The molecule has 118 valence electrons. The van der Waals surface area contributed by atoms with Gasteiger partial charge in [-0.1, -0.05) is 29.8 Å². The molecule has 6 heteroatoms. The van der Waals surface area contributed by atoms with Gasteiger partial charge in [-0.3, -0.25) is 0 Å². The van der Waals surface area contributed by atoms with Gasteiger partial charge in [0.25, 0.3) is 0 Å². The van der Waals surface area contributed by atoms with Crippen LogP contribution in [0.25, 0.3) is 5.57 Å². The molecule has 1 aromatic carbocycles. The van der Waals surface area contributed by atoms with Crippen molar-refractivity contribution in [3.05, 3.63) is 58.8 Å². The fourth-order valence-electron chi connectivity index (χ4n) is 2.17. The van der Waals surface area contributed by atoms with Gasteiger partial charge in [0.15, 0.2) is 9.84 Å². The third-order valence-electron chi connectivity index (χ3n) is 3.22. The van der Waals surface area contributed by atoms with Crippen molar-refractivity contribution >= 4 is 27.0 Å². The second-order valence-corrected chi connectivity index (χ2v) is 7.76. The summed E-state index contributed by atoms with van der Waals surface area (Å²) in [5.41, 5.74) is 6.02. The van der Waals surface area contributed by atoms with E-state index < -0.39 is 9.84 Å². The Balaban J connectivity index is 2.41. The SMILES string of the molecule is C\C1=C/C(Cl)=C\C(c2ccc(S(C)(=O)=O)cc2)=C\CN(C)N1. The number of halogens is 1. The van der Waals surface area contributed by atoms with E-state index in [1.165, 1.54) is 6.26 Å². The molecular weight excluding hydrogens is 320 g/mol. The Hall–Kier alpha value is -1.56. The number of benzene rings is 1. The molecule has 0 unspecified atom stereocenters. The van der Waals surface area contributed by atoms with Gasteiger partial charge >= 0.3 is 0 Å². The predicted molar refractivity (Wildman–Crippen MR) is 91.0 cm³/mol. The third kappa shape index (κ3) is 4.47. The van der Waals surface area contributed by atoms with Gasteiger partial charge in [-0.15, -0.1) is 0 Å². The van der Waals surface area contributed by atoms with Crippen LogP contribution in [0.4, 0.5) is 0 Å². The Morgan fingerprint density at radius 2 is 1.82 bits per heavy atom. The molecule has 1 N–H and O–H groups in total. The highest BCUT2D eigenvalue weighted by Crippen LogP contribution is 2.22. The second kappa shape index (κ2) is 6.69. The van der Waals surface area contributed by atoms with E-state index in [0.29, 0.717) is 16.5 Å². The van der Waals surface area contributed by atoms with Crippen molar-refractivity contribution in [2.45, 2.75) is 11.8 Å². The van der Waals surface area contributed by atoms with Gasteiger partial charge in [0, 0.05) is 30.6 Å². The molecule has 4 nitrogen and oxygen atoms in total. The summed E-state index contributed by atoms with van der Waals surface area (Å²) in [6.45, 7) is 2.63. The van der Waals surface area contributed by atoms with Crippen LogP contribution in [-0.4, -0.2) is 33.3 Å². The monoisotopic (exact) mass is 338 g/mol. The predicted octanol–water partition coefficient (Wildman–Crippen LogP) is 2.95. The smallest absolute Gasteiger partial charge is 0.175 e. The van der Waals surface area contributed by atoms with Crippen LogP contribution in [-0.2, 0) is 9.84 Å². The van der Waals surface area contributed by atoms with Crippen molar-refractivity contribution in [2.75, 3.05) is 19.8 Å². The number of rotatable bonds is 2. The fourth-order valence-corrected chi connectivity index (χ4v) is 3.08. The molecule has 1 aromatic rings. The van der Waals surface area contributed by atoms with E-state index in [2.05, 4.69) is 5.43 Å². The maximum Gasteiger partial charge on any atom is 0.175 e. The highest BCUT2D eigenvalue weighted by molar-refractivity contribution is 7.90. The van der Waals surface area contributed by atoms with E-state index in [-0.39, 0.29) is 0 Å². The van der Waals surface area contributed by atoms with Crippen molar-refractivity contribution in [2.24, 2.45) is 0 Å². The number of hydrogen-bond acceptors (Lipinski definition) is 4. The lowest BCUT2D eigenvalue weighted by atomic mass is 10.0. The van der Waals surface area contributed by atoms with Gasteiger partial charge in [-0.25, -0.2) is 13.4 Å². The molecule has 0 fully saturated rings. The summed E-state index contributed by atoms with van der Waals surface area (Å²) < 4.78 is 23.1. The van der Waals surface area contributed by atoms with Crippen LogP contribution in [0.2, 0.25) is 0 Å². The number of sulfone groups is 1. The molecule has 0 aliphatic carbocycles. The first kappa shape index (κ1) is 16.8. The first-order valence-electron chi connectivity index (χ1n) is 6.79. The van der Waals surface area contributed by atoms with E-state index in [1.807, 2.05) is 37.2 Å². The molecule has 1 aliphatic heterocycles. The summed E-state index contributed by atoms with van der Waals surface area (Å²) in [5, 5.41) is 2.55. The average molecular weight is 339 g/mol. The van der Waals surface area contributed by atoms with Crippen molar-refractivity contribution < 1.29 is 8.42 Å². The van der Waals surface area contributed by atoms with Crippen LogP contribution in [0.5, 0.6) is 0 Å². The molecule has 2 rings (SSSR count). The lowest BCUT2D eigenvalue weighted by Gasteiger charge is -2.17. The van der Waals surface area contributed by atoms with E-state index >= 15 is 0 Å².